The number of aromatic nitrogens is 2. The van der Waals surface area contributed by atoms with Gasteiger partial charge in [-0.25, -0.2) is 4.79 Å². The Morgan fingerprint density at radius 2 is 2.14 bits per heavy atom. The minimum atomic E-state index is -0.629. The normalized spacial score (nSPS) is 15.4. The van der Waals surface area contributed by atoms with Gasteiger partial charge in [-0.3, -0.25) is 10.4 Å². The van der Waals surface area contributed by atoms with Gasteiger partial charge in [0, 0.05) is 13.1 Å². The van der Waals surface area contributed by atoms with Gasteiger partial charge in [0.1, 0.15) is 17.2 Å². The quantitative estimate of drug-likeness (QED) is 0.855. The Labute approximate surface area is 123 Å². The summed E-state index contributed by atoms with van der Waals surface area (Å²) in [7, 11) is 0. The number of nitrogens with zero attached hydrogens (tertiary/aromatic N) is 3. The second kappa shape index (κ2) is 6.01. The molecule has 0 unspecified atom stereocenters. The lowest BCUT2D eigenvalue weighted by Crippen LogP contribution is -2.36. The number of anilines is 2. The van der Waals surface area contributed by atoms with Crippen molar-refractivity contribution < 1.29 is 14.3 Å². The van der Waals surface area contributed by atoms with Crippen molar-refractivity contribution in [3.05, 3.63) is 5.56 Å². The fourth-order valence-corrected chi connectivity index (χ4v) is 1.94. The number of carbonyl (C=O) groups is 1. The fourth-order valence-electron chi connectivity index (χ4n) is 1.94. The molecule has 0 aromatic carbocycles. The van der Waals surface area contributed by atoms with E-state index in [1.165, 1.54) is 0 Å². The number of carbonyl (C=O) groups excluding carboxylic acids is 1. The zero-order chi connectivity index (χ0) is 15.5. The molecule has 8 heteroatoms. The molecule has 0 saturated carbocycles. The Hall–Kier alpha value is -2.27. The predicted octanol–water partition coefficient (Wildman–Crippen LogP) is 1.46. The highest BCUT2D eigenvalue weighted by Gasteiger charge is 2.23. The molecular weight excluding hydrogens is 274 g/mol. The molecule has 2 rings (SSSR count). The Bertz CT molecular complexity index is 549. The van der Waals surface area contributed by atoms with Crippen LogP contribution in [0.2, 0.25) is 0 Å². The highest BCUT2D eigenvalue weighted by atomic mass is 16.6. The van der Waals surface area contributed by atoms with Gasteiger partial charge in [-0.15, -0.1) is 0 Å². The second-order valence-corrected chi connectivity index (χ2v) is 5.64. The van der Waals surface area contributed by atoms with Crippen LogP contribution < -0.4 is 10.2 Å². The molecule has 21 heavy (non-hydrogen) atoms. The summed E-state index contributed by atoms with van der Waals surface area (Å²) in [6, 6.07) is 2.06. The van der Waals surface area contributed by atoms with E-state index in [0.717, 1.165) is 0 Å². The van der Waals surface area contributed by atoms with Crippen molar-refractivity contribution in [1.82, 2.24) is 10.2 Å². The largest absolute Gasteiger partial charge is 0.444 e. The van der Waals surface area contributed by atoms with Crippen molar-refractivity contribution >= 4 is 17.7 Å². The average Bonchev–Trinajstić information content (AvgIpc) is 2.80. The number of ether oxygens (including phenoxy) is 2. The summed E-state index contributed by atoms with van der Waals surface area (Å²) in [5.74, 6) is 0.764. The third-order valence-electron chi connectivity index (χ3n) is 2.80. The summed E-state index contributed by atoms with van der Waals surface area (Å²) in [6.07, 6.45) is -0.629. The molecule has 1 aromatic rings. The molecule has 1 aromatic heterocycles. The number of aromatic amines is 1. The van der Waals surface area contributed by atoms with Gasteiger partial charge in [-0.2, -0.15) is 10.4 Å². The van der Waals surface area contributed by atoms with Gasteiger partial charge < -0.3 is 14.4 Å². The molecule has 1 saturated heterocycles. The van der Waals surface area contributed by atoms with E-state index >= 15 is 0 Å². The first-order chi connectivity index (χ1) is 9.90. The molecule has 0 bridgehead atoms. The summed E-state index contributed by atoms with van der Waals surface area (Å²) in [5.41, 5.74) is -0.313. The molecular formula is C13H19N5O3. The van der Waals surface area contributed by atoms with E-state index in [1.807, 2.05) is 4.90 Å². The smallest absolute Gasteiger partial charge is 0.413 e. The highest BCUT2D eigenvalue weighted by Crippen LogP contribution is 2.25. The number of hydrogen-bond acceptors (Lipinski definition) is 6. The molecule has 0 aliphatic carbocycles. The molecule has 1 amide bonds. The van der Waals surface area contributed by atoms with Crippen LogP contribution in [0.25, 0.3) is 0 Å². The third kappa shape index (κ3) is 3.86. The number of rotatable bonds is 2. The Kier molecular flexibility index (Phi) is 4.33. The third-order valence-corrected chi connectivity index (χ3v) is 2.80. The van der Waals surface area contributed by atoms with Crippen LogP contribution in [0.3, 0.4) is 0 Å². The molecule has 0 radical (unpaired) electrons. The van der Waals surface area contributed by atoms with Crippen LogP contribution in [-0.2, 0) is 9.47 Å². The molecule has 2 heterocycles. The monoisotopic (exact) mass is 293 g/mol. The van der Waals surface area contributed by atoms with E-state index in [9.17, 15) is 10.1 Å². The first-order valence-electron chi connectivity index (χ1n) is 6.72. The maximum Gasteiger partial charge on any atom is 0.413 e. The number of nitriles is 1. The van der Waals surface area contributed by atoms with E-state index in [0.29, 0.717) is 37.7 Å². The standard InChI is InChI=1S/C13H19N5O3/c1-13(2,3)21-12(19)15-10-9(8-14)11(17-16-10)18-4-6-20-7-5-18/h4-7H2,1-3H3,(H2,15,16,17,19). The van der Waals surface area contributed by atoms with E-state index in [-0.39, 0.29) is 5.82 Å². The minimum absolute atomic E-state index is 0.244. The first kappa shape index (κ1) is 15.1. The van der Waals surface area contributed by atoms with Gasteiger partial charge in [-0.05, 0) is 20.8 Å². The molecule has 114 valence electrons. The average molecular weight is 293 g/mol. The number of morpholine rings is 1. The molecule has 1 fully saturated rings. The molecule has 0 atom stereocenters. The Morgan fingerprint density at radius 3 is 2.71 bits per heavy atom. The van der Waals surface area contributed by atoms with Gasteiger partial charge in [0.05, 0.1) is 13.2 Å². The summed E-state index contributed by atoms with van der Waals surface area (Å²) in [6.45, 7) is 7.80. The molecule has 1 aliphatic heterocycles. The van der Waals surface area contributed by atoms with E-state index in [1.54, 1.807) is 20.8 Å². The van der Waals surface area contributed by atoms with E-state index < -0.39 is 11.7 Å². The maximum atomic E-state index is 11.8. The number of amides is 1. The molecule has 8 nitrogen and oxygen atoms in total. The van der Waals surface area contributed by atoms with Crippen molar-refractivity contribution in [3.8, 4) is 6.07 Å². The van der Waals surface area contributed by atoms with Crippen molar-refractivity contribution in [2.24, 2.45) is 0 Å². The lowest BCUT2D eigenvalue weighted by molar-refractivity contribution is 0.0635. The van der Waals surface area contributed by atoms with Crippen LogP contribution in [0.1, 0.15) is 26.3 Å². The van der Waals surface area contributed by atoms with Gasteiger partial charge in [0.25, 0.3) is 0 Å². The van der Waals surface area contributed by atoms with Crippen molar-refractivity contribution in [2.45, 2.75) is 26.4 Å². The van der Waals surface area contributed by atoms with Gasteiger partial charge in [0.2, 0.25) is 0 Å². The van der Waals surface area contributed by atoms with Crippen LogP contribution in [0.5, 0.6) is 0 Å². The zero-order valence-electron chi connectivity index (χ0n) is 12.4. The highest BCUT2D eigenvalue weighted by molar-refractivity contribution is 5.87. The van der Waals surface area contributed by atoms with E-state index in [4.69, 9.17) is 9.47 Å². The van der Waals surface area contributed by atoms with Crippen LogP contribution in [0.4, 0.5) is 16.4 Å². The summed E-state index contributed by atoms with van der Waals surface area (Å²) in [5, 5.41) is 18.6. The number of H-pyrrole nitrogens is 1. The number of nitrogens with one attached hydrogen (secondary N) is 2. The second-order valence-electron chi connectivity index (χ2n) is 5.64. The minimum Gasteiger partial charge on any atom is -0.444 e. The first-order valence-corrected chi connectivity index (χ1v) is 6.72. The van der Waals surface area contributed by atoms with E-state index in [2.05, 4.69) is 21.6 Å². The summed E-state index contributed by atoms with van der Waals surface area (Å²) in [4.78, 5) is 13.7. The van der Waals surface area contributed by atoms with Crippen molar-refractivity contribution in [2.75, 3.05) is 36.5 Å². The van der Waals surface area contributed by atoms with Crippen LogP contribution >= 0.6 is 0 Å². The molecule has 1 aliphatic rings. The Balaban J connectivity index is 2.12. The lowest BCUT2D eigenvalue weighted by Gasteiger charge is -2.26. The van der Waals surface area contributed by atoms with Crippen LogP contribution in [0.15, 0.2) is 0 Å². The topological polar surface area (TPSA) is 103 Å². The molecule has 0 spiro atoms. The fraction of sp³-hybridized carbons (Fsp3) is 0.615. The van der Waals surface area contributed by atoms with Gasteiger partial charge in [-0.1, -0.05) is 0 Å². The maximum absolute atomic E-state index is 11.8. The van der Waals surface area contributed by atoms with Gasteiger partial charge in [0.15, 0.2) is 11.6 Å². The predicted molar refractivity (Wildman–Crippen MR) is 76.2 cm³/mol. The molecule has 2 N–H and O–H groups in total. The Morgan fingerprint density at radius 1 is 1.48 bits per heavy atom. The summed E-state index contributed by atoms with van der Waals surface area (Å²) >= 11 is 0. The SMILES string of the molecule is CC(C)(C)OC(=O)Nc1[nH]nc(N2CCOCC2)c1C#N. The van der Waals surface area contributed by atoms with Crippen molar-refractivity contribution in [1.29, 1.82) is 5.26 Å². The van der Waals surface area contributed by atoms with Gasteiger partial charge >= 0.3 is 6.09 Å². The van der Waals surface area contributed by atoms with Crippen LogP contribution in [-0.4, -0.2) is 48.2 Å². The van der Waals surface area contributed by atoms with Crippen LogP contribution in [0, 0.1) is 11.3 Å². The lowest BCUT2D eigenvalue weighted by atomic mass is 10.2. The van der Waals surface area contributed by atoms with Crippen molar-refractivity contribution in [3.63, 3.8) is 0 Å². The number of hydrogen-bond donors (Lipinski definition) is 2. The zero-order valence-corrected chi connectivity index (χ0v) is 12.4. The summed E-state index contributed by atoms with van der Waals surface area (Å²) < 4.78 is 10.4.